The molecule has 1 amide bonds. The molecule has 6 nitrogen and oxygen atoms in total. The van der Waals surface area contributed by atoms with Crippen LogP contribution >= 0.6 is 0 Å². The van der Waals surface area contributed by atoms with Crippen molar-refractivity contribution in [2.24, 2.45) is 0 Å². The molecule has 0 saturated heterocycles. The Hall–Kier alpha value is -1.92. The number of amides is 1. The van der Waals surface area contributed by atoms with Crippen LogP contribution in [0.4, 0.5) is 0 Å². The van der Waals surface area contributed by atoms with Gasteiger partial charge < -0.3 is 19.9 Å². The molecule has 0 atom stereocenters. The normalized spacial score (nSPS) is 21.6. The molecule has 0 aliphatic heterocycles. The van der Waals surface area contributed by atoms with Crippen molar-refractivity contribution < 1.29 is 24.2 Å². The molecule has 0 spiro atoms. The number of esters is 1. The highest BCUT2D eigenvalue weighted by Crippen LogP contribution is 2.32. The Morgan fingerprint density at radius 3 is 2.34 bits per heavy atom. The van der Waals surface area contributed by atoms with E-state index in [0.717, 1.165) is 28.7 Å². The van der Waals surface area contributed by atoms with Gasteiger partial charge in [0, 0.05) is 6.61 Å². The van der Waals surface area contributed by atoms with Crippen molar-refractivity contribution >= 4 is 11.9 Å². The summed E-state index contributed by atoms with van der Waals surface area (Å²) in [5.41, 5.74) is 2.72. The molecule has 1 aromatic rings. The van der Waals surface area contributed by atoms with E-state index in [0.29, 0.717) is 32.3 Å². The SMILES string of the molecule is CCOC(=O)C1(NC(=O)Cc2c(CC)cc(C)cc2CO)CCC(OCC)CC1. The fraction of sp³-hybridized carbons (Fsp3) is 0.652. The summed E-state index contributed by atoms with van der Waals surface area (Å²) >= 11 is 0. The van der Waals surface area contributed by atoms with E-state index in [1.54, 1.807) is 6.92 Å². The highest BCUT2D eigenvalue weighted by Gasteiger charge is 2.44. The van der Waals surface area contributed by atoms with E-state index in [1.165, 1.54) is 0 Å². The monoisotopic (exact) mass is 405 g/mol. The maximum atomic E-state index is 13.0. The predicted octanol–water partition coefficient (Wildman–Crippen LogP) is 2.99. The quantitative estimate of drug-likeness (QED) is 0.617. The second kappa shape index (κ2) is 10.7. The molecular weight excluding hydrogens is 370 g/mol. The van der Waals surface area contributed by atoms with E-state index in [1.807, 2.05) is 26.8 Å². The minimum atomic E-state index is -1.00. The summed E-state index contributed by atoms with van der Waals surface area (Å²) in [6.45, 7) is 8.54. The standard InChI is InChI=1S/C23H35NO5/c1-5-17-12-16(4)13-18(15-25)20(17)14-21(26)24-23(22(27)29-7-3)10-8-19(9-11-23)28-6-2/h12-13,19,25H,5-11,14-15H2,1-4H3,(H,24,26). The van der Waals surface area contributed by atoms with Gasteiger partial charge in [-0.2, -0.15) is 0 Å². The molecule has 0 bridgehead atoms. The average Bonchev–Trinajstić information content (AvgIpc) is 2.70. The third-order valence-electron chi connectivity index (χ3n) is 5.70. The first-order valence-electron chi connectivity index (χ1n) is 10.7. The zero-order valence-corrected chi connectivity index (χ0v) is 18.2. The first kappa shape index (κ1) is 23.4. The number of nitrogens with one attached hydrogen (secondary N) is 1. The smallest absolute Gasteiger partial charge is 0.331 e. The van der Waals surface area contributed by atoms with Crippen LogP contribution in [0.15, 0.2) is 12.1 Å². The summed E-state index contributed by atoms with van der Waals surface area (Å²) in [6, 6.07) is 3.96. The summed E-state index contributed by atoms with van der Waals surface area (Å²) < 4.78 is 11.0. The molecular formula is C23H35NO5. The van der Waals surface area contributed by atoms with Crippen LogP contribution in [0, 0.1) is 6.92 Å². The van der Waals surface area contributed by atoms with E-state index in [-0.39, 0.29) is 37.6 Å². The van der Waals surface area contributed by atoms with Gasteiger partial charge in [-0.15, -0.1) is 0 Å². The summed E-state index contributed by atoms with van der Waals surface area (Å²) in [7, 11) is 0. The van der Waals surface area contributed by atoms with Gasteiger partial charge in [0.2, 0.25) is 5.91 Å². The van der Waals surface area contributed by atoms with Gasteiger partial charge in [0.25, 0.3) is 0 Å². The molecule has 162 valence electrons. The number of aryl methyl sites for hydroxylation is 2. The second-order valence-electron chi connectivity index (χ2n) is 7.76. The number of hydrogen-bond acceptors (Lipinski definition) is 5. The zero-order valence-electron chi connectivity index (χ0n) is 18.2. The number of carbonyl (C=O) groups excluding carboxylic acids is 2. The van der Waals surface area contributed by atoms with Crippen LogP contribution in [0.5, 0.6) is 0 Å². The Labute approximate surface area is 174 Å². The van der Waals surface area contributed by atoms with Gasteiger partial charge in [0.1, 0.15) is 5.54 Å². The Kier molecular flexibility index (Phi) is 8.65. The Morgan fingerprint density at radius 1 is 1.14 bits per heavy atom. The number of ether oxygens (including phenoxy) is 2. The van der Waals surface area contributed by atoms with Gasteiger partial charge in [0.05, 0.1) is 25.7 Å². The van der Waals surface area contributed by atoms with Crippen LogP contribution < -0.4 is 5.32 Å². The van der Waals surface area contributed by atoms with E-state index in [2.05, 4.69) is 11.4 Å². The average molecular weight is 406 g/mol. The molecule has 0 unspecified atom stereocenters. The lowest BCUT2D eigenvalue weighted by atomic mass is 9.80. The van der Waals surface area contributed by atoms with Gasteiger partial charge >= 0.3 is 5.97 Å². The highest BCUT2D eigenvalue weighted by molar-refractivity contribution is 5.89. The fourth-order valence-electron chi connectivity index (χ4n) is 4.26. The highest BCUT2D eigenvalue weighted by atomic mass is 16.5. The van der Waals surface area contributed by atoms with Crippen molar-refractivity contribution in [3.05, 3.63) is 34.4 Å². The summed E-state index contributed by atoms with van der Waals surface area (Å²) in [5, 5.41) is 12.8. The Morgan fingerprint density at radius 2 is 1.79 bits per heavy atom. The largest absolute Gasteiger partial charge is 0.464 e. The maximum absolute atomic E-state index is 13.0. The third-order valence-corrected chi connectivity index (χ3v) is 5.70. The van der Waals surface area contributed by atoms with E-state index < -0.39 is 5.54 Å². The van der Waals surface area contributed by atoms with Crippen molar-refractivity contribution in [3.63, 3.8) is 0 Å². The van der Waals surface area contributed by atoms with Crippen LogP contribution in [-0.2, 0) is 38.5 Å². The van der Waals surface area contributed by atoms with E-state index in [9.17, 15) is 14.7 Å². The number of carbonyl (C=O) groups is 2. The molecule has 2 rings (SSSR count). The third kappa shape index (κ3) is 5.80. The van der Waals surface area contributed by atoms with Crippen molar-refractivity contribution in [3.8, 4) is 0 Å². The maximum Gasteiger partial charge on any atom is 0.331 e. The van der Waals surface area contributed by atoms with Gasteiger partial charge in [-0.1, -0.05) is 24.6 Å². The molecule has 1 fully saturated rings. The van der Waals surface area contributed by atoms with Gasteiger partial charge in [-0.25, -0.2) is 4.79 Å². The molecule has 1 aliphatic rings. The number of hydrogen-bond donors (Lipinski definition) is 2. The van der Waals surface area contributed by atoms with Crippen molar-refractivity contribution in [2.75, 3.05) is 13.2 Å². The van der Waals surface area contributed by atoms with Gasteiger partial charge in [-0.3, -0.25) is 4.79 Å². The van der Waals surface area contributed by atoms with E-state index >= 15 is 0 Å². The van der Waals surface area contributed by atoms with Crippen LogP contribution in [0.3, 0.4) is 0 Å². The molecule has 1 saturated carbocycles. The molecule has 29 heavy (non-hydrogen) atoms. The Balaban J connectivity index is 2.20. The second-order valence-corrected chi connectivity index (χ2v) is 7.76. The fourth-order valence-corrected chi connectivity index (χ4v) is 4.26. The molecule has 0 heterocycles. The van der Waals surface area contributed by atoms with Crippen LogP contribution in [0.1, 0.15) is 68.7 Å². The lowest BCUT2D eigenvalue weighted by Crippen LogP contribution is -2.58. The van der Waals surface area contributed by atoms with E-state index in [4.69, 9.17) is 9.47 Å². The lowest BCUT2D eigenvalue weighted by molar-refractivity contribution is -0.156. The number of aliphatic hydroxyl groups is 1. The number of rotatable bonds is 9. The topological polar surface area (TPSA) is 84.9 Å². The van der Waals surface area contributed by atoms with Crippen molar-refractivity contribution in [1.82, 2.24) is 5.32 Å². The summed E-state index contributed by atoms with van der Waals surface area (Å²) in [4.78, 5) is 25.7. The Bertz CT molecular complexity index is 682. The van der Waals surface area contributed by atoms with Gasteiger partial charge in [0.15, 0.2) is 0 Å². The first-order chi connectivity index (χ1) is 13.9. The molecule has 2 N–H and O–H groups in total. The van der Waals surface area contributed by atoms with Gasteiger partial charge in [-0.05, 0) is 69.6 Å². The minimum Gasteiger partial charge on any atom is -0.464 e. The van der Waals surface area contributed by atoms with Crippen LogP contribution in [0.25, 0.3) is 0 Å². The molecule has 0 radical (unpaired) electrons. The minimum absolute atomic E-state index is 0.115. The molecule has 1 aromatic carbocycles. The van der Waals surface area contributed by atoms with Crippen molar-refractivity contribution in [1.29, 1.82) is 0 Å². The lowest BCUT2D eigenvalue weighted by Gasteiger charge is -2.38. The van der Waals surface area contributed by atoms with Crippen LogP contribution in [-0.4, -0.2) is 41.8 Å². The summed E-state index contributed by atoms with van der Waals surface area (Å²) in [5.74, 6) is -0.591. The number of aliphatic hydroxyl groups excluding tert-OH is 1. The molecule has 6 heteroatoms. The zero-order chi connectivity index (χ0) is 21.4. The molecule has 0 aromatic heterocycles. The first-order valence-corrected chi connectivity index (χ1v) is 10.7. The summed E-state index contributed by atoms with van der Waals surface area (Å²) in [6.07, 6.45) is 3.45. The molecule has 1 aliphatic carbocycles. The predicted molar refractivity (Wildman–Crippen MR) is 112 cm³/mol. The van der Waals surface area contributed by atoms with Crippen LogP contribution in [0.2, 0.25) is 0 Å². The van der Waals surface area contributed by atoms with Crippen molar-refractivity contribution in [2.45, 2.75) is 84.5 Å². The number of benzene rings is 1.